The lowest BCUT2D eigenvalue weighted by molar-refractivity contribution is -0.143. The third kappa shape index (κ3) is 8.94. The first kappa shape index (κ1) is 26.4. The minimum atomic E-state index is -0.529. The van der Waals surface area contributed by atoms with Crippen LogP contribution in [0.25, 0.3) is 0 Å². The lowest BCUT2D eigenvalue weighted by Crippen LogP contribution is -2.23. The molecule has 180 valence electrons. The molecule has 6 nitrogen and oxygen atoms in total. The number of carbonyl (C=O) groups excluding carboxylic acids is 1. The van der Waals surface area contributed by atoms with Gasteiger partial charge in [-0.3, -0.25) is 4.79 Å². The molecule has 0 radical (unpaired) electrons. The van der Waals surface area contributed by atoms with Crippen LogP contribution in [0.3, 0.4) is 0 Å². The van der Waals surface area contributed by atoms with E-state index >= 15 is 0 Å². The fourth-order valence-corrected chi connectivity index (χ4v) is 4.85. The Labute approximate surface area is 190 Å². The highest BCUT2D eigenvalue weighted by atomic mass is 19.1. The van der Waals surface area contributed by atoms with Crippen LogP contribution in [0, 0.1) is 22.6 Å². The number of nitroso groups, excluding NO2 is 1. The van der Waals surface area contributed by atoms with Gasteiger partial charge in [-0.25, -0.2) is 4.39 Å². The number of unbranched alkanes of at least 4 members (excludes halogenated alkanes) is 3. The number of halogens is 1. The lowest BCUT2D eigenvalue weighted by Gasteiger charge is -2.24. The summed E-state index contributed by atoms with van der Waals surface area (Å²) >= 11 is 0. The van der Waals surface area contributed by atoms with E-state index in [9.17, 15) is 24.3 Å². The molecule has 2 N–H and O–H groups in total. The van der Waals surface area contributed by atoms with Crippen LogP contribution in [0.5, 0.6) is 0 Å². The second-order valence-electron chi connectivity index (χ2n) is 8.96. The highest BCUT2D eigenvalue weighted by Crippen LogP contribution is 2.41. The number of aliphatic hydroxyl groups is 2. The first-order valence-corrected chi connectivity index (χ1v) is 12.0. The molecule has 0 bridgehead atoms. The van der Waals surface area contributed by atoms with Crippen LogP contribution in [0.15, 0.2) is 29.4 Å². The van der Waals surface area contributed by atoms with Crippen molar-refractivity contribution in [3.63, 3.8) is 0 Å². The summed E-state index contributed by atoms with van der Waals surface area (Å²) in [6, 6.07) is 5.89. The fraction of sp³-hybridized carbons (Fsp3) is 0.720. The molecule has 5 atom stereocenters. The van der Waals surface area contributed by atoms with Crippen LogP contribution in [0.2, 0.25) is 0 Å². The van der Waals surface area contributed by atoms with E-state index in [0.717, 1.165) is 37.7 Å². The summed E-state index contributed by atoms with van der Waals surface area (Å²) in [6.07, 6.45) is 6.71. The third-order valence-electron chi connectivity index (χ3n) is 6.64. The van der Waals surface area contributed by atoms with Gasteiger partial charge in [0.25, 0.3) is 0 Å². The molecule has 1 fully saturated rings. The average molecular weight is 452 g/mol. The van der Waals surface area contributed by atoms with Crippen molar-refractivity contribution < 1.29 is 24.1 Å². The number of hydrogen-bond donors (Lipinski definition) is 2. The van der Waals surface area contributed by atoms with E-state index in [0.29, 0.717) is 45.1 Å². The maximum absolute atomic E-state index is 13.0. The van der Waals surface area contributed by atoms with Crippen molar-refractivity contribution in [3.8, 4) is 0 Å². The van der Waals surface area contributed by atoms with Gasteiger partial charge in [0.1, 0.15) is 5.82 Å². The zero-order valence-corrected chi connectivity index (χ0v) is 19.1. The maximum atomic E-state index is 13.0. The molecule has 7 heteroatoms. The molecule has 1 aromatic rings. The zero-order valence-electron chi connectivity index (χ0n) is 19.1. The standard InChI is InChI=1S/C25H38FNO5/c1-2-32-25(30)8-6-4-3-5-7-22-21(23(27-31)17-24(22)29)16-15-20(28)14-11-18-9-12-19(26)13-10-18/h9-10,12-13,20-24,28-29H,2-8,11,14-17H2,1H3/t20-,21+,22+,23?,24-/m0/s1. The Morgan fingerprint density at radius 1 is 1.12 bits per heavy atom. The van der Waals surface area contributed by atoms with E-state index < -0.39 is 18.2 Å². The van der Waals surface area contributed by atoms with Crippen molar-refractivity contribution in [2.75, 3.05) is 6.61 Å². The summed E-state index contributed by atoms with van der Waals surface area (Å²) < 4.78 is 17.9. The molecule has 1 aliphatic carbocycles. The normalized spacial score (nSPS) is 23.8. The third-order valence-corrected chi connectivity index (χ3v) is 6.64. The van der Waals surface area contributed by atoms with Gasteiger partial charge in [0.2, 0.25) is 0 Å². The summed E-state index contributed by atoms with van der Waals surface area (Å²) in [4.78, 5) is 22.7. The summed E-state index contributed by atoms with van der Waals surface area (Å²) in [5.41, 5.74) is 0.981. The molecule has 0 heterocycles. The first-order chi connectivity index (χ1) is 15.4. The molecule has 0 amide bonds. The van der Waals surface area contributed by atoms with Gasteiger partial charge in [-0.1, -0.05) is 36.6 Å². The Hall–Kier alpha value is -1.86. The van der Waals surface area contributed by atoms with Gasteiger partial charge in [0.05, 0.1) is 24.9 Å². The van der Waals surface area contributed by atoms with Gasteiger partial charge in [-0.15, -0.1) is 0 Å². The Morgan fingerprint density at radius 3 is 2.53 bits per heavy atom. The number of benzene rings is 1. The fourth-order valence-electron chi connectivity index (χ4n) is 4.85. The van der Waals surface area contributed by atoms with Crippen molar-refractivity contribution in [3.05, 3.63) is 40.6 Å². The average Bonchev–Trinajstić information content (AvgIpc) is 3.08. The molecular formula is C25H38FNO5. The van der Waals surface area contributed by atoms with Gasteiger partial charge in [-0.2, -0.15) is 4.91 Å². The number of carbonyl (C=O) groups is 1. The number of ether oxygens (including phenoxy) is 1. The molecule has 0 saturated heterocycles. The second kappa shape index (κ2) is 14.3. The molecule has 0 aromatic heterocycles. The largest absolute Gasteiger partial charge is 0.466 e. The number of hydrogen-bond acceptors (Lipinski definition) is 6. The van der Waals surface area contributed by atoms with Gasteiger partial charge in [-0.05, 0) is 81.4 Å². The zero-order chi connectivity index (χ0) is 23.3. The Kier molecular flexibility index (Phi) is 11.8. The topological polar surface area (TPSA) is 96.2 Å². The minimum absolute atomic E-state index is 0.0116. The van der Waals surface area contributed by atoms with Crippen LogP contribution < -0.4 is 0 Å². The summed E-state index contributed by atoms with van der Waals surface area (Å²) in [5, 5.41) is 24.2. The predicted molar refractivity (Wildman–Crippen MR) is 121 cm³/mol. The summed E-state index contributed by atoms with van der Waals surface area (Å²) in [5.74, 6) is -0.419. The Morgan fingerprint density at radius 2 is 1.84 bits per heavy atom. The van der Waals surface area contributed by atoms with Gasteiger partial charge in [0, 0.05) is 6.42 Å². The molecule has 1 aliphatic rings. The highest BCUT2D eigenvalue weighted by molar-refractivity contribution is 5.69. The van der Waals surface area contributed by atoms with E-state index in [-0.39, 0.29) is 23.6 Å². The lowest BCUT2D eigenvalue weighted by atomic mass is 9.84. The molecule has 0 spiro atoms. The Balaban J connectivity index is 1.72. The van der Waals surface area contributed by atoms with Crippen molar-refractivity contribution >= 4 is 5.97 Å². The van der Waals surface area contributed by atoms with E-state index in [4.69, 9.17) is 4.74 Å². The van der Waals surface area contributed by atoms with E-state index in [2.05, 4.69) is 5.18 Å². The Bertz CT molecular complexity index is 683. The predicted octanol–water partition coefficient (Wildman–Crippen LogP) is 4.94. The number of nitrogens with zero attached hydrogens (tertiary/aromatic N) is 1. The number of rotatable bonds is 15. The van der Waals surface area contributed by atoms with E-state index in [1.165, 1.54) is 12.1 Å². The summed E-state index contributed by atoms with van der Waals surface area (Å²) in [7, 11) is 0. The van der Waals surface area contributed by atoms with Crippen molar-refractivity contribution in [2.45, 2.75) is 95.8 Å². The quantitative estimate of drug-likeness (QED) is 0.224. The maximum Gasteiger partial charge on any atom is 0.305 e. The molecule has 2 rings (SSSR count). The first-order valence-electron chi connectivity index (χ1n) is 12.0. The van der Waals surface area contributed by atoms with Crippen LogP contribution in [-0.4, -0.2) is 41.0 Å². The minimum Gasteiger partial charge on any atom is -0.466 e. The van der Waals surface area contributed by atoms with Crippen LogP contribution in [-0.2, 0) is 16.0 Å². The molecule has 1 unspecified atom stereocenters. The van der Waals surface area contributed by atoms with Gasteiger partial charge < -0.3 is 14.9 Å². The van der Waals surface area contributed by atoms with E-state index in [1.54, 1.807) is 19.1 Å². The van der Waals surface area contributed by atoms with Gasteiger partial charge in [0.15, 0.2) is 0 Å². The molecule has 32 heavy (non-hydrogen) atoms. The highest BCUT2D eigenvalue weighted by Gasteiger charge is 2.42. The van der Waals surface area contributed by atoms with Crippen LogP contribution in [0.1, 0.15) is 76.7 Å². The van der Waals surface area contributed by atoms with Gasteiger partial charge >= 0.3 is 5.97 Å². The monoisotopic (exact) mass is 451 g/mol. The molecule has 0 aliphatic heterocycles. The molecule has 1 aromatic carbocycles. The summed E-state index contributed by atoms with van der Waals surface area (Å²) in [6.45, 7) is 2.21. The number of aryl methyl sites for hydroxylation is 1. The van der Waals surface area contributed by atoms with Crippen molar-refractivity contribution in [1.29, 1.82) is 0 Å². The van der Waals surface area contributed by atoms with Crippen molar-refractivity contribution in [1.82, 2.24) is 0 Å². The smallest absolute Gasteiger partial charge is 0.305 e. The molecular weight excluding hydrogens is 413 g/mol. The van der Waals surface area contributed by atoms with Crippen molar-refractivity contribution in [2.24, 2.45) is 17.0 Å². The SMILES string of the molecule is CCOC(=O)CCCCCC[C@H]1[C@@H](O)CC(N=O)[C@@H]1CC[C@@H](O)CCc1ccc(F)cc1. The number of esters is 1. The van der Waals surface area contributed by atoms with E-state index in [1.807, 2.05) is 0 Å². The second-order valence-corrected chi connectivity index (χ2v) is 8.96. The number of aliphatic hydroxyl groups excluding tert-OH is 2. The van der Waals surface area contributed by atoms with Crippen LogP contribution >= 0.6 is 0 Å². The molecule has 1 saturated carbocycles. The van der Waals surface area contributed by atoms with Crippen LogP contribution in [0.4, 0.5) is 4.39 Å².